The van der Waals surface area contributed by atoms with Crippen molar-refractivity contribution in [2.45, 2.75) is 38.3 Å². The molecule has 0 aromatic carbocycles. The predicted molar refractivity (Wildman–Crippen MR) is 70.9 cm³/mol. The molecule has 1 fully saturated rings. The average molecular weight is 261 g/mol. The number of hydrogen-bond acceptors (Lipinski definition) is 3. The number of carbonyl (C=O) groups is 1. The highest BCUT2D eigenvalue weighted by molar-refractivity contribution is 5.85. The molecule has 0 spiro atoms. The summed E-state index contributed by atoms with van der Waals surface area (Å²) >= 11 is 0. The third kappa shape index (κ3) is 2.79. The van der Waals surface area contributed by atoms with Crippen molar-refractivity contribution < 1.29 is 9.90 Å². The van der Waals surface area contributed by atoms with Crippen LogP contribution in [0.15, 0.2) is 18.3 Å². The summed E-state index contributed by atoms with van der Waals surface area (Å²) in [4.78, 5) is 13.3. The van der Waals surface area contributed by atoms with Gasteiger partial charge >= 0.3 is 5.97 Å². The van der Waals surface area contributed by atoms with E-state index in [0.29, 0.717) is 5.69 Å². The summed E-state index contributed by atoms with van der Waals surface area (Å²) in [6.07, 6.45) is 4.47. The Hall–Kier alpha value is -1.80. The summed E-state index contributed by atoms with van der Waals surface area (Å²) < 4.78 is 1.85. The fourth-order valence-electron chi connectivity index (χ4n) is 2.80. The van der Waals surface area contributed by atoms with E-state index in [1.54, 1.807) is 12.1 Å². The maximum Gasteiger partial charge on any atom is 0.352 e. The van der Waals surface area contributed by atoms with Crippen LogP contribution < -0.4 is 0 Å². The highest BCUT2D eigenvalue weighted by atomic mass is 16.4. The number of nitriles is 1. The monoisotopic (exact) mass is 261 g/mol. The molecule has 102 valence electrons. The predicted octanol–water partition coefficient (Wildman–Crippen LogP) is 2.13. The summed E-state index contributed by atoms with van der Waals surface area (Å²) in [6.45, 7) is 3.73. The van der Waals surface area contributed by atoms with Gasteiger partial charge in [0.05, 0.1) is 12.1 Å². The molecule has 1 unspecified atom stereocenters. The largest absolute Gasteiger partial charge is 0.477 e. The van der Waals surface area contributed by atoms with Crippen LogP contribution in [0.1, 0.15) is 42.7 Å². The minimum Gasteiger partial charge on any atom is -0.477 e. The molecular formula is C14H19N3O2. The van der Waals surface area contributed by atoms with Crippen molar-refractivity contribution in [1.29, 1.82) is 5.26 Å². The number of nitrogens with zero attached hydrogens (tertiary/aromatic N) is 3. The summed E-state index contributed by atoms with van der Waals surface area (Å²) in [5.74, 6) is -0.879. The van der Waals surface area contributed by atoms with E-state index in [-0.39, 0.29) is 12.1 Å². The molecule has 0 bridgehead atoms. The van der Waals surface area contributed by atoms with Gasteiger partial charge < -0.3 is 9.67 Å². The van der Waals surface area contributed by atoms with Crippen LogP contribution in [0.2, 0.25) is 0 Å². The van der Waals surface area contributed by atoms with E-state index in [0.717, 1.165) is 32.4 Å². The van der Waals surface area contributed by atoms with E-state index in [4.69, 9.17) is 10.4 Å². The van der Waals surface area contributed by atoms with Crippen molar-refractivity contribution in [1.82, 2.24) is 9.47 Å². The first-order valence-corrected chi connectivity index (χ1v) is 6.71. The van der Waals surface area contributed by atoms with Crippen LogP contribution in [0.25, 0.3) is 0 Å². The second-order valence-electron chi connectivity index (χ2n) is 4.93. The second-order valence-corrected chi connectivity index (χ2v) is 4.93. The zero-order chi connectivity index (χ0) is 13.8. The Bertz CT molecular complexity index is 481. The smallest absolute Gasteiger partial charge is 0.352 e. The topological polar surface area (TPSA) is 69.3 Å². The van der Waals surface area contributed by atoms with E-state index in [2.05, 4.69) is 11.0 Å². The molecule has 5 nitrogen and oxygen atoms in total. The Morgan fingerprint density at radius 2 is 2.26 bits per heavy atom. The second kappa shape index (κ2) is 5.89. The fourth-order valence-corrected chi connectivity index (χ4v) is 2.80. The third-order valence-electron chi connectivity index (χ3n) is 3.87. The van der Waals surface area contributed by atoms with Crippen molar-refractivity contribution in [2.75, 3.05) is 13.1 Å². The van der Waals surface area contributed by atoms with Gasteiger partial charge in [-0.25, -0.2) is 4.79 Å². The number of hydrogen-bond donors (Lipinski definition) is 1. The van der Waals surface area contributed by atoms with E-state index in [1.165, 1.54) is 0 Å². The lowest BCUT2D eigenvalue weighted by Crippen LogP contribution is -2.41. The fraction of sp³-hybridized carbons (Fsp3) is 0.571. The van der Waals surface area contributed by atoms with E-state index >= 15 is 0 Å². The first-order chi connectivity index (χ1) is 9.17. The van der Waals surface area contributed by atoms with Crippen molar-refractivity contribution in [3.63, 3.8) is 0 Å². The zero-order valence-corrected chi connectivity index (χ0v) is 11.1. The molecule has 1 aliphatic heterocycles. The third-order valence-corrected chi connectivity index (χ3v) is 3.87. The van der Waals surface area contributed by atoms with Gasteiger partial charge in [-0.05, 0) is 31.4 Å². The van der Waals surface area contributed by atoms with Gasteiger partial charge in [-0.15, -0.1) is 0 Å². The summed E-state index contributed by atoms with van der Waals surface area (Å²) in [5.41, 5.74) is 0.353. The van der Waals surface area contributed by atoms with Crippen LogP contribution in [0, 0.1) is 11.3 Å². The maximum atomic E-state index is 11.1. The number of likely N-dealkylation sites (tertiary alicyclic amines) is 1. The molecule has 0 aliphatic carbocycles. The Balaban J connectivity index is 2.02. The number of aromatic carboxylic acids is 1. The summed E-state index contributed by atoms with van der Waals surface area (Å²) in [7, 11) is 0. The average Bonchev–Trinajstić information content (AvgIpc) is 2.90. The highest BCUT2D eigenvalue weighted by Gasteiger charge is 2.26. The summed E-state index contributed by atoms with van der Waals surface area (Å²) in [6, 6.07) is 5.96. The van der Waals surface area contributed by atoms with Crippen LogP contribution in [0.3, 0.4) is 0 Å². The molecule has 19 heavy (non-hydrogen) atoms. The minimum atomic E-state index is -0.879. The molecular weight excluding hydrogens is 242 g/mol. The van der Waals surface area contributed by atoms with Gasteiger partial charge in [0.25, 0.3) is 0 Å². The highest BCUT2D eigenvalue weighted by Crippen LogP contribution is 2.26. The Labute approximate surface area is 113 Å². The number of carboxylic acid groups (broad SMARTS) is 1. The number of carboxylic acids is 1. The maximum absolute atomic E-state index is 11.1. The van der Waals surface area contributed by atoms with Gasteiger partial charge in [0.1, 0.15) is 5.69 Å². The normalized spacial score (nSPS) is 18.9. The SMILES string of the molecule is CCC(C#N)N1CCC(n2cccc2C(=O)O)CC1. The van der Waals surface area contributed by atoms with Crippen LogP contribution in [-0.4, -0.2) is 39.7 Å². The Morgan fingerprint density at radius 3 is 2.79 bits per heavy atom. The van der Waals surface area contributed by atoms with Gasteiger partial charge in [0, 0.05) is 25.3 Å². The molecule has 1 atom stereocenters. The van der Waals surface area contributed by atoms with Gasteiger partial charge in [-0.3, -0.25) is 4.90 Å². The standard InChI is InChI=1S/C14H19N3O2/c1-2-11(10-15)16-8-5-12(6-9-16)17-7-3-4-13(17)14(18)19/h3-4,7,11-12H,2,5-6,8-9H2,1H3,(H,18,19). The molecule has 1 aliphatic rings. The van der Waals surface area contributed by atoms with Gasteiger partial charge in [-0.1, -0.05) is 6.92 Å². The van der Waals surface area contributed by atoms with E-state index in [9.17, 15) is 4.79 Å². The quantitative estimate of drug-likeness (QED) is 0.901. The van der Waals surface area contributed by atoms with Gasteiger partial charge in [-0.2, -0.15) is 5.26 Å². The lowest BCUT2D eigenvalue weighted by Gasteiger charge is -2.35. The van der Waals surface area contributed by atoms with E-state index < -0.39 is 5.97 Å². The molecule has 0 amide bonds. The van der Waals surface area contributed by atoms with Crippen molar-refractivity contribution >= 4 is 5.97 Å². The van der Waals surface area contributed by atoms with Crippen LogP contribution in [0.5, 0.6) is 0 Å². The van der Waals surface area contributed by atoms with Crippen molar-refractivity contribution in [3.8, 4) is 6.07 Å². The zero-order valence-electron chi connectivity index (χ0n) is 11.1. The summed E-state index contributed by atoms with van der Waals surface area (Å²) in [5, 5.41) is 18.2. The van der Waals surface area contributed by atoms with Crippen LogP contribution in [-0.2, 0) is 0 Å². The van der Waals surface area contributed by atoms with Gasteiger partial charge in [0.2, 0.25) is 0 Å². The van der Waals surface area contributed by atoms with E-state index in [1.807, 2.05) is 17.7 Å². The van der Waals surface area contributed by atoms with Crippen LogP contribution in [0.4, 0.5) is 0 Å². The lowest BCUT2D eigenvalue weighted by atomic mass is 10.0. The van der Waals surface area contributed by atoms with Crippen LogP contribution >= 0.6 is 0 Å². The molecule has 2 heterocycles. The lowest BCUT2D eigenvalue weighted by molar-refractivity contribution is 0.0677. The molecule has 1 aromatic heterocycles. The first-order valence-electron chi connectivity index (χ1n) is 6.71. The first kappa shape index (κ1) is 13.6. The number of piperidine rings is 1. The molecule has 0 saturated carbocycles. The minimum absolute atomic E-state index is 0.00967. The van der Waals surface area contributed by atoms with Crippen molar-refractivity contribution in [3.05, 3.63) is 24.0 Å². The molecule has 1 saturated heterocycles. The molecule has 1 aromatic rings. The molecule has 0 radical (unpaired) electrons. The molecule has 2 rings (SSSR count). The Kier molecular flexibility index (Phi) is 4.23. The van der Waals surface area contributed by atoms with Gasteiger partial charge in [0.15, 0.2) is 0 Å². The molecule has 1 N–H and O–H groups in total. The number of rotatable bonds is 4. The Morgan fingerprint density at radius 1 is 1.58 bits per heavy atom. The molecule has 5 heteroatoms. The number of aromatic nitrogens is 1. The van der Waals surface area contributed by atoms with Crippen molar-refractivity contribution in [2.24, 2.45) is 0 Å².